The number of nitrogens with two attached hydrogens (primary N) is 2. The molecule has 0 aliphatic heterocycles. The van der Waals surface area contributed by atoms with Gasteiger partial charge in [-0.25, -0.2) is 4.79 Å². The number of pyridine rings is 2. The van der Waals surface area contributed by atoms with E-state index in [0.29, 0.717) is 33.9 Å². The van der Waals surface area contributed by atoms with Crippen LogP contribution in [0.2, 0.25) is 0 Å². The third-order valence-corrected chi connectivity index (χ3v) is 8.06. The lowest BCUT2D eigenvalue weighted by Crippen LogP contribution is -2.58. The monoisotopic (exact) mass is 615 g/mol. The van der Waals surface area contributed by atoms with Gasteiger partial charge in [-0.15, -0.1) is 0 Å². The van der Waals surface area contributed by atoms with E-state index in [1.54, 1.807) is 56.4 Å². The summed E-state index contributed by atoms with van der Waals surface area (Å²) in [6.07, 6.45) is 8.78. The zero-order valence-corrected chi connectivity index (χ0v) is 25.4. The Kier molecular flexibility index (Phi) is 8.78. The zero-order valence-electron chi connectivity index (χ0n) is 25.4. The van der Waals surface area contributed by atoms with Crippen LogP contribution < -0.4 is 26.3 Å². The number of nitrogens with one attached hydrogen (secondary N) is 1. The first-order valence-corrected chi connectivity index (χ1v) is 14.6. The Labute approximate surface area is 260 Å². The van der Waals surface area contributed by atoms with Crippen molar-refractivity contribution >= 4 is 23.4 Å². The summed E-state index contributed by atoms with van der Waals surface area (Å²) in [7, 11) is 1.30. The molecular formula is C33H37N5O7. The molecular weight excluding hydrogens is 578 g/mol. The third kappa shape index (κ3) is 7.23. The van der Waals surface area contributed by atoms with Gasteiger partial charge in [-0.2, -0.15) is 0 Å². The molecule has 0 bridgehead atoms. The summed E-state index contributed by atoms with van der Waals surface area (Å²) in [5.41, 5.74) is 13.1. The van der Waals surface area contributed by atoms with Gasteiger partial charge in [0.1, 0.15) is 18.1 Å². The summed E-state index contributed by atoms with van der Waals surface area (Å²) < 4.78 is 16.6. The second kappa shape index (κ2) is 12.6. The maximum Gasteiger partial charge on any atom is 0.339 e. The number of carbonyl (C=O) groups is 3. The number of amides is 2. The van der Waals surface area contributed by atoms with Gasteiger partial charge in [0.05, 0.1) is 47.4 Å². The van der Waals surface area contributed by atoms with E-state index >= 15 is 0 Å². The topological polar surface area (TPSA) is 189 Å². The normalized spacial score (nSPS) is 20.8. The molecule has 0 atom stereocenters. The molecule has 2 aliphatic carbocycles. The summed E-state index contributed by atoms with van der Waals surface area (Å²) in [5.74, 6) is -0.572. The number of nitrogens with zero attached hydrogens (tertiary/aromatic N) is 2. The Balaban J connectivity index is 1.16. The summed E-state index contributed by atoms with van der Waals surface area (Å²) >= 11 is 0. The van der Waals surface area contributed by atoms with Crippen molar-refractivity contribution < 1.29 is 33.7 Å². The van der Waals surface area contributed by atoms with Gasteiger partial charge < -0.3 is 36.1 Å². The maximum absolute atomic E-state index is 13.0. The molecule has 1 aromatic carbocycles. The molecule has 12 heteroatoms. The Morgan fingerprint density at radius 2 is 1.82 bits per heavy atom. The van der Waals surface area contributed by atoms with Gasteiger partial charge in [0, 0.05) is 30.2 Å². The second-order valence-corrected chi connectivity index (χ2v) is 12.3. The molecule has 2 heterocycles. The van der Waals surface area contributed by atoms with Gasteiger partial charge in [-0.05, 0) is 80.8 Å². The van der Waals surface area contributed by atoms with Crippen molar-refractivity contribution in [3.8, 4) is 22.6 Å². The Bertz CT molecular complexity index is 1620. The van der Waals surface area contributed by atoms with Crippen LogP contribution >= 0.6 is 0 Å². The van der Waals surface area contributed by atoms with Crippen LogP contribution in [0.15, 0.2) is 61.2 Å². The van der Waals surface area contributed by atoms with E-state index in [1.165, 1.54) is 25.7 Å². The molecule has 2 aromatic heterocycles. The van der Waals surface area contributed by atoms with Crippen LogP contribution in [0.5, 0.6) is 11.5 Å². The standard InChI is InChI=1S/C33H37N5O7/c1-32(2,42)18-44-23-5-7-27(37-17-23)26(14-34)30(40)38-22-10-33(11-22)12-24(13-33)45-28-9-19(4-6-25(28)29(35)39)20-8-21(16-36-15-20)31(41)43-3/h4-9,14-17,22,24,42H,10-13,18,34H2,1-3H3,(H2,35,39)(H,38,40). The van der Waals surface area contributed by atoms with E-state index < -0.39 is 17.5 Å². The Hall–Kier alpha value is -4.97. The highest BCUT2D eigenvalue weighted by atomic mass is 16.5. The fraction of sp³-hybridized carbons (Fsp3) is 0.364. The summed E-state index contributed by atoms with van der Waals surface area (Å²) in [6.45, 7) is 3.39. The Morgan fingerprint density at radius 1 is 1.07 bits per heavy atom. The summed E-state index contributed by atoms with van der Waals surface area (Å²) in [5, 5.41) is 12.9. The van der Waals surface area contributed by atoms with Crippen molar-refractivity contribution in [2.75, 3.05) is 13.7 Å². The molecule has 0 radical (unpaired) electrons. The van der Waals surface area contributed by atoms with Gasteiger partial charge in [0.2, 0.25) is 0 Å². The first-order valence-electron chi connectivity index (χ1n) is 14.6. The third-order valence-electron chi connectivity index (χ3n) is 8.06. The predicted octanol–water partition coefficient (Wildman–Crippen LogP) is 2.98. The molecule has 6 N–H and O–H groups in total. The van der Waals surface area contributed by atoms with Crippen molar-refractivity contribution in [1.29, 1.82) is 0 Å². The first-order chi connectivity index (χ1) is 21.4. The average Bonchev–Trinajstić information content (AvgIpc) is 2.98. The fourth-order valence-corrected chi connectivity index (χ4v) is 5.85. The van der Waals surface area contributed by atoms with Crippen LogP contribution in [-0.2, 0) is 9.53 Å². The number of rotatable bonds is 11. The number of benzene rings is 1. The fourth-order valence-electron chi connectivity index (χ4n) is 5.85. The lowest BCUT2D eigenvalue weighted by molar-refractivity contribution is -0.122. The van der Waals surface area contributed by atoms with Crippen LogP contribution in [-0.4, -0.2) is 64.3 Å². The van der Waals surface area contributed by atoms with Gasteiger partial charge >= 0.3 is 5.97 Å². The number of ether oxygens (including phenoxy) is 3. The number of aromatic nitrogens is 2. The summed E-state index contributed by atoms with van der Waals surface area (Å²) in [4.78, 5) is 45.5. The van der Waals surface area contributed by atoms with Crippen LogP contribution in [0.1, 0.15) is 65.9 Å². The SMILES string of the molecule is COC(=O)c1cncc(-c2ccc(C(N)=O)c(OC3CC4(CC(NC(=O)C(=CN)c5ccc(OCC(C)(C)O)cn5)C4)C3)c2)c1. The van der Waals surface area contributed by atoms with E-state index in [4.69, 9.17) is 25.7 Å². The molecule has 2 amide bonds. The molecule has 2 fully saturated rings. The van der Waals surface area contributed by atoms with Crippen molar-refractivity contribution in [2.24, 2.45) is 16.9 Å². The lowest BCUT2D eigenvalue weighted by atomic mass is 9.53. The largest absolute Gasteiger partial charge is 0.490 e. The maximum atomic E-state index is 13.0. The number of hydrogen-bond acceptors (Lipinski definition) is 10. The van der Waals surface area contributed by atoms with E-state index in [-0.39, 0.29) is 41.2 Å². The second-order valence-electron chi connectivity index (χ2n) is 12.3. The van der Waals surface area contributed by atoms with Crippen molar-refractivity contribution in [3.63, 3.8) is 0 Å². The van der Waals surface area contributed by atoms with Crippen molar-refractivity contribution in [2.45, 2.75) is 57.3 Å². The minimum atomic E-state index is -0.982. The molecule has 5 rings (SSSR count). The number of carbonyl (C=O) groups excluding carboxylic acids is 3. The number of primary amides is 1. The molecule has 0 unspecified atom stereocenters. The van der Waals surface area contributed by atoms with Crippen molar-refractivity contribution in [1.82, 2.24) is 15.3 Å². The number of hydrogen-bond donors (Lipinski definition) is 4. The van der Waals surface area contributed by atoms with Crippen molar-refractivity contribution in [3.05, 3.63) is 78.0 Å². The number of methoxy groups -OCH3 is 1. The summed E-state index contributed by atoms with van der Waals surface area (Å²) in [6, 6.07) is 10.0. The highest BCUT2D eigenvalue weighted by Gasteiger charge is 2.54. The minimum absolute atomic E-state index is 0.0121. The molecule has 1 spiro atoms. The van der Waals surface area contributed by atoms with E-state index in [2.05, 4.69) is 15.3 Å². The van der Waals surface area contributed by atoms with Crippen LogP contribution in [0.3, 0.4) is 0 Å². The predicted molar refractivity (Wildman–Crippen MR) is 165 cm³/mol. The highest BCUT2D eigenvalue weighted by molar-refractivity contribution is 6.18. The van der Waals surface area contributed by atoms with Crippen LogP contribution in [0.4, 0.5) is 0 Å². The smallest absolute Gasteiger partial charge is 0.339 e. The first kappa shape index (κ1) is 31.5. The molecule has 12 nitrogen and oxygen atoms in total. The average molecular weight is 616 g/mol. The molecule has 45 heavy (non-hydrogen) atoms. The van der Waals surface area contributed by atoms with E-state index in [0.717, 1.165) is 25.7 Å². The van der Waals surface area contributed by atoms with Gasteiger partial charge in [0.15, 0.2) is 0 Å². The van der Waals surface area contributed by atoms with Gasteiger partial charge in [0.25, 0.3) is 11.8 Å². The highest BCUT2D eigenvalue weighted by Crippen LogP contribution is 2.57. The molecule has 3 aromatic rings. The quantitative estimate of drug-likeness (QED) is 0.184. The molecule has 2 saturated carbocycles. The van der Waals surface area contributed by atoms with E-state index in [9.17, 15) is 19.5 Å². The Morgan fingerprint density at radius 3 is 2.44 bits per heavy atom. The number of esters is 1. The zero-order chi connectivity index (χ0) is 32.4. The molecule has 0 saturated heterocycles. The molecule has 236 valence electrons. The van der Waals surface area contributed by atoms with E-state index in [1.807, 2.05) is 0 Å². The van der Waals surface area contributed by atoms with Gasteiger partial charge in [-0.3, -0.25) is 19.6 Å². The number of aliphatic hydroxyl groups is 1. The lowest BCUT2D eigenvalue weighted by Gasteiger charge is -2.57. The minimum Gasteiger partial charge on any atom is -0.490 e. The van der Waals surface area contributed by atoms with Crippen LogP contribution in [0, 0.1) is 5.41 Å². The molecule has 2 aliphatic rings. The van der Waals surface area contributed by atoms with Gasteiger partial charge in [-0.1, -0.05) is 6.07 Å². The van der Waals surface area contributed by atoms with Crippen LogP contribution in [0.25, 0.3) is 16.7 Å².